The van der Waals surface area contributed by atoms with Crippen LogP contribution < -0.4 is 4.90 Å². The van der Waals surface area contributed by atoms with Gasteiger partial charge in [0.1, 0.15) is 11.2 Å². The van der Waals surface area contributed by atoms with E-state index >= 15 is 0 Å². The Morgan fingerprint density at radius 3 is 1.60 bits per heavy atom. The van der Waals surface area contributed by atoms with Gasteiger partial charge in [0, 0.05) is 55.1 Å². The van der Waals surface area contributed by atoms with Crippen molar-refractivity contribution in [1.29, 1.82) is 0 Å². The van der Waals surface area contributed by atoms with Crippen molar-refractivity contribution in [3.63, 3.8) is 0 Å². The highest BCUT2D eigenvalue weighted by atomic mass is 16.3. The van der Waals surface area contributed by atoms with E-state index in [0.29, 0.717) is 0 Å². The molecule has 0 unspecified atom stereocenters. The van der Waals surface area contributed by atoms with Crippen LogP contribution in [0.15, 0.2) is 247 Å². The number of anilines is 3. The summed E-state index contributed by atoms with van der Waals surface area (Å²) in [6.07, 6.45) is 0. The first kappa shape index (κ1) is 36.9. The molecule has 0 radical (unpaired) electrons. The number of para-hydroxylation sites is 4. The lowest BCUT2D eigenvalue weighted by Crippen LogP contribution is -2.11. The first-order valence-electron chi connectivity index (χ1n) is 22.2. The normalized spacial score (nSPS) is 11.7. The number of aromatic nitrogens is 1. The van der Waals surface area contributed by atoms with Gasteiger partial charge in [-0.25, -0.2) is 0 Å². The molecule has 13 aromatic rings. The highest BCUT2D eigenvalue weighted by molar-refractivity contribution is 6.18. The van der Waals surface area contributed by atoms with Gasteiger partial charge < -0.3 is 13.9 Å². The third-order valence-corrected chi connectivity index (χ3v) is 13.2. The third-order valence-electron chi connectivity index (χ3n) is 13.2. The van der Waals surface area contributed by atoms with E-state index in [1.165, 1.54) is 54.7 Å². The first-order chi connectivity index (χ1) is 32.2. The van der Waals surface area contributed by atoms with Gasteiger partial charge in [0.15, 0.2) is 0 Å². The van der Waals surface area contributed by atoms with E-state index in [2.05, 4.69) is 252 Å². The molecule has 0 aliphatic rings. The van der Waals surface area contributed by atoms with Crippen LogP contribution in [0.1, 0.15) is 0 Å². The van der Waals surface area contributed by atoms with Crippen LogP contribution in [0.5, 0.6) is 0 Å². The molecule has 2 aromatic heterocycles. The van der Waals surface area contributed by atoms with E-state index in [1.807, 2.05) is 0 Å². The second-order valence-corrected chi connectivity index (χ2v) is 16.8. The van der Waals surface area contributed by atoms with Crippen molar-refractivity contribution in [3.8, 4) is 39.1 Å². The maximum Gasteiger partial charge on any atom is 0.143 e. The fraction of sp³-hybridized carbons (Fsp3) is 0. The van der Waals surface area contributed by atoms with E-state index in [0.717, 1.165) is 66.8 Å². The SMILES string of the molecule is c1cc(-c2ccc(N(c3ccc(-n4c5ccccc5c5ccccc54)cc3)c3ccccc3-c3cccc4c3oc3c5ccccc5ccc43)cc2)cc(-c2cccc3ccccc23)c1. The molecule has 65 heavy (non-hydrogen) atoms. The highest BCUT2D eigenvalue weighted by Crippen LogP contribution is 2.46. The zero-order valence-corrected chi connectivity index (χ0v) is 35.4. The van der Waals surface area contributed by atoms with E-state index < -0.39 is 0 Å². The molecular formula is C62H40N2O. The highest BCUT2D eigenvalue weighted by Gasteiger charge is 2.22. The minimum atomic E-state index is 0.884. The molecule has 3 heteroatoms. The van der Waals surface area contributed by atoms with Crippen molar-refractivity contribution in [2.24, 2.45) is 0 Å². The molecule has 13 rings (SSSR count). The Labute approximate surface area is 376 Å². The van der Waals surface area contributed by atoms with E-state index in [9.17, 15) is 0 Å². The second-order valence-electron chi connectivity index (χ2n) is 16.8. The molecule has 0 aliphatic carbocycles. The average molecular weight is 829 g/mol. The summed E-state index contributed by atoms with van der Waals surface area (Å²) in [7, 11) is 0. The Morgan fingerprint density at radius 2 is 0.831 bits per heavy atom. The molecule has 0 N–H and O–H groups in total. The van der Waals surface area contributed by atoms with E-state index in [-0.39, 0.29) is 0 Å². The van der Waals surface area contributed by atoms with Gasteiger partial charge in [0.05, 0.1) is 16.7 Å². The lowest BCUT2D eigenvalue weighted by molar-refractivity contribution is 0.674. The number of benzene rings is 11. The van der Waals surface area contributed by atoms with Gasteiger partial charge in [-0.2, -0.15) is 0 Å². The fourth-order valence-corrected chi connectivity index (χ4v) is 10.2. The lowest BCUT2D eigenvalue weighted by Gasteiger charge is -2.28. The van der Waals surface area contributed by atoms with Crippen LogP contribution in [0.25, 0.3) is 104 Å². The number of hydrogen-bond acceptors (Lipinski definition) is 2. The third kappa shape index (κ3) is 6.05. The molecule has 0 aliphatic heterocycles. The summed E-state index contributed by atoms with van der Waals surface area (Å²) in [5.41, 5.74) is 15.4. The summed E-state index contributed by atoms with van der Waals surface area (Å²) in [4.78, 5) is 2.39. The molecule has 304 valence electrons. The fourth-order valence-electron chi connectivity index (χ4n) is 10.2. The number of nitrogens with zero attached hydrogens (tertiary/aromatic N) is 2. The van der Waals surface area contributed by atoms with Gasteiger partial charge in [-0.3, -0.25) is 0 Å². The van der Waals surface area contributed by atoms with Gasteiger partial charge in [-0.05, 0) is 105 Å². The van der Waals surface area contributed by atoms with Gasteiger partial charge in [-0.15, -0.1) is 0 Å². The quantitative estimate of drug-likeness (QED) is 0.160. The molecular weight excluding hydrogens is 789 g/mol. The van der Waals surface area contributed by atoms with Crippen molar-refractivity contribution in [2.75, 3.05) is 4.90 Å². The van der Waals surface area contributed by atoms with Crippen molar-refractivity contribution in [2.45, 2.75) is 0 Å². The van der Waals surface area contributed by atoms with Crippen LogP contribution in [0.4, 0.5) is 17.1 Å². The second kappa shape index (κ2) is 15.0. The summed E-state index contributed by atoms with van der Waals surface area (Å²) < 4.78 is 9.31. The zero-order valence-electron chi connectivity index (χ0n) is 35.4. The van der Waals surface area contributed by atoms with Crippen LogP contribution in [-0.2, 0) is 0 Å². The Hall–Kier alpha value is -8.66. The summed E-state index contributed by atoms with van der Waals surface area (Å²) in [6.45, 7) is 0. The average Bonchev–Trinajstić information content (AvgIpc) is 3.94. The maximum absolute atomic E-state index is 6.93. The van der Waals surface area contributed by atoms with Crippen molar-refractivity contribution >= 4 is 82.4 Å². The predicted octanol–water partition coefficient (Wildman–Crippen LogP) is 17.5. The van der Waals surface area contributed by atoms with Crippen LogP contribution >= 0.6 is 0 Å². The van der Waals surface area contributed by atoms with Crippen molar-refractivity contribution in [3.05, 3.63) is 243 Å². The maximum atomic E-state index is 6.93. The van der Waals surface area contributed by atoms with Crippen LogP contribution in [-0.4, -0.2) is 4.57 Å². The Kier molecular flexibility index (Phi) is 8.53. The van der Waals surface area contributed by atoms with Crippen LogP contribution in [0.3, 0.4) is 0 Å². The summed E-state index contributed by atoms with van der Waals surface area (Å²) in [5.74, 6) is 0. The minimum Gasteiger partial charge on any atom is -0.455 e. The number of furan rings is 1. The molecule has 0 saturated carbocycles. The predicted molar refractivity (Wildman–Crippen MR) is 274 cm³/mol. The number of fused-ring (bicyclic) bond motifs is 9. The van der Waals surface area contributed by atoms with Crippen LogP contribution in [0, 0.1) is 0 Å². The van der Waals surface area contributed by atoms with E-state index in [4.69, 9.17) is 4.42 Å². The molecule has 11 aromatic carbocycles. The Bertz CT molecular complexity index is 3890. The Morgan fingerprint density at radius 1 is 0.308 bits per heavy atom. The Balaban J connectivity index is 0.963. The molecule has 0 fully saturated rings. The van der Waals surface area contributed by atoms with Gasteiger partial charge >= 0.3 is 0 Å². The monoisotopic (exact) mass is 828 g/mol. The van der Waals surface area contributed by atoms with Gasteiger partial charge in [-0.1, -0.05) is 176 Å². The lowest BCUT2D eigenvalue weighted by atomic mass is 9.95. The molecule has 0 spiro atoms. The molecule has 2 heterocycles. The molecule has 3 nitrogen and oxygen atoms in total. The van der Waals surface area contributed by atoms with Crippen LogP contribution in [0.2, 0.25) is 0 Å². The smallest absolute Gasteiger partial charge is 0.143 e. The minimum absolute atomic E-state index is 0.884. The summed E-state index contributed by atoms with van der Waals surface area (Å²) in [6, 6.07) is 87.6. The number of rotatable bonds is 7. The molecule has 0 bridgehead atoms. The van der Waals surface area contributed by atoms with Gasteiger partial charge in [0.25, 0.3) is 0 Å². The molecule has 0 saturated heterocycles. The van der Waals surface area contributed by atoms with Crippen molar-refractivity contribution in [1.82, 2.24) is 4.57 Å². The largest absolute Gasteiger partial charge is 0.455 e. The topological polar surface area (TPSA) is 21.3 Å². The van der Waals surface area contributed by atoms with Gasteiger partial charge in [0.2, 0.25) is 0 Å². The number of hydrogen-bond donors (Lipinski definition) is 0. The zero-order chi connectivity index (χ0) is 42.8. The summed E-state index contributed by atoms with van der Waals surface area (Å²) in [5, 5.41) is 9.51. The molecule has 0 atom stereocenters. The van der Waals surface area contributed by atoms with E-state index in [1.54, 1.807) is 0 Å². The van der Waals surface area contributed by atoms with Crippen molar-refractivity contribution < 1.29 is 4.42 Å². The summed E-state index contributed by atoms with van der Waals surface area (Å²) >= 11 is 0. The standard InChI is InChI=1S/C62H40N2O/c1-3-19-49-42(14-1)16-12-24-50(49)45-18-11-17-44(40-45)41-30-33-46(34-31-41)63(47-35-37-48(38-36-47)64-59-28-9-5-21-52(59)53-22-6-10-29-60(53)64)58-27-8-7-23-54(58)55-25-13-26-56-57-39-32-43-15-2-4-20-51(43)61(57)65-62(55)56/h1-40H. The first-order valence-corrected chi connectivity index (χ1v) is 22.2. The molecule has 0 amide bonds.